The number of aryl methyl sites for hydroxylation is 1. The summed E-state index contributed by atoms with van der Waals surface area (Å²) in [5, 5.41) is 2.79. The van der Waals surface area contributed by atoms with Crippen LogP contribution in [0.1, 0.15) is 18.1 Å². The molecule has 0 unspecified atom stereocenters. The van der Waals surface area contributed by atoms with Gasteiger partial charge in [0.25, 0.3) is 10.0 Å². The van der Waals surface area contributed by atoms with E-state index in [4.69, 9.17) is 9.47 Å². The largest absolute Gasteiger partial charge is 0.497 e. The monoisotopic (exact) mass is 468 g/mol. The number of carbonyl (C=O) groups excluding carboxylic acids is 1. The Morgan fingerprint density at radius 3 is 2.09 bits per heavy atom. The molecule has 3 aromatic carbocycles. The Bertz CT molecular complexity index is 1160. The Balaban J connectivity index is 1.81. The lowest BCUT2D eigenvalue weighted by molar-refractivity contribution is -0.119. The second-order valence-corrected chi connectivity index (χ2v) is 9.24. The Morgan fingerprint density at radius 1 is 0.909 bits per heavy atom. The molecule has 0 atom stereocenters. The van der Waals surface area contributed by atoms with E-state index in [0.717, 1.165) is 21.2 Å². The van der Waals surface area contributed by atoms with Crippen molar-refractivity contribution < 1.29 is 22.7 Å². The van der Waals surface area contributed by atoms with Crippen LogP contribution in [0.2, 0.25) is 0 Å². The van der Waals surface area contributed by atoms with Crippen molar-refractivity contribution >= 4 is 21.6 Å². The van der Waals surface area contributed by atoms with Crippen molar-refractivity contribution in [1.82, 2.24) is 5.32 Å². The molecule has 1 amide bonds. The van der Waals surface area contributed by atoms with Crippen LogP contribution < -0.4 is 19.1 Å². The van der Waals surface area contributed by atoms with Crippen LogP contribution >= 0.6 is 0 Å². The van der Waals surface area contributed by atoms with Gasteiger partial charge in [-0.25, -0.2) is 8.42 Å². The molecular weight excluding hydrogens is 440 g/mol. The van der Waals surface area contributed by atoms with Crippen molar-refractivity contribution in [2.24, 2.45) is 0 Å². The molecule has 3 aromatic rings. The molecule has 174 valence electrons. The van der Waals surface area contributed by atoms with E-state index >= 15 is 0 Å². The van der Waals surface area contributed by atoms with Gasteiger partial charge >= 0.3 is 0 Å². The van der Waals surface area contributed by atoms with E-state index in [1.54, 1.807) is 43.5 Å². The van der Waals surface area contributed by atoms with Crippen molar-refractivity contribution in [2.45, 2.75) is 25.3 Å². The summed E-state index contributed by atoms with van der Waals surface area (Å²) in [6.45, 7) is 4.17. The van der Waals surface area contributed by atoms with E-state index in [1.807, 2.05) is 38.1 Å². The number of ether oxygens (including phenoxy) is 2. The zero-order valence-electron chi connectivity index (χ0n) is 18.9. The van der Waals surface area contributed by atoms with Crippen LogP contribution in [0.15, 0.2) is 77.7 Å². The number of benzene rings is 3. The van der Waals surface area contributed by atoms with Gasteiger partial charge in [-0.15, -0.1) is 0 Å². The zero-order chi connectivity index (χ0) is 23.8. The van der Waals surface area contributed by atoms with Gasteiger partial charge in [-0.3, -0.25) is 9.10 Å². The zero-order valence-corrected chi connectivity index (χ0v) is 19.8. The van der Waals surface area contributed by atoms with Crippen LogP contribution in [0.3, 0.4) is 0 Å². The molecular formula is C25H28N2O5S. The first kappa shape index (κ1) is 24.1. The summed E-state index contributed by atoms with van der Waals surface area (Å²) in [6.07, 6.45) is 0. The molecule has 0 aliphatic heterocycles. The van der Waals surface area contributed by atoms with Gasteiger partial charge in [0.05, 0.1) is 24.3 Å². The molecule has 7 nitrogen and oxygen atoms in total. The average Bonchev–Trinajstić information content (AvgIpc) is 2.83. The van der Waals surface area contributed by atoms with Crippen LogP contribution in [0.25, 0.3) is 0 Å². The third kappa shape index (κ3) is 6.26. The first-order chi connectivity index (χ1) is 15.8. The molecule has 3 rings (SSSR count). The lowest BCUT2D eigenvalue weighted by atomic mass is 10.2. The third-order valence-electron chi connectivity index (χ3n) is 4.98. The van der Waals surface area contributed by atoms with E-state index in [0.29, 0.717) is 18.0 Å². The molecule has 1 N–H and O–H groups in total. The minimum absolute atomic E-state index is 0.0782. The quantitative estimate of drug-likeness (QED) is 0.488. The van der Waals surface area contributed by atoms with Crippen molar-refractivity contribution in [3.63, 3.8) is 0 Å². The summed E-state index contributed by atoms with van der Waals surface area (Å²) in [5.41, 5.74) is 2.27. The van der Waals surface area contributed by atoms with Crippen LogP contribution in [0.5, 0.6) is 11.5 Å². The highest BCUT2D eigenvalue weighted by Gasteiger charge is 2.27. The number of nitrogens with zero attached hydrogens (tertiary/aromatic N) is 1. The highest BCUT2D eigenvalue weighted by Crippen LogP contribution is 2.25. The van der Waals surface area contributed by atoms with Crippen LogP contribution in [-0.2, 0) is 21.4 Å². The van der Waals surface area contributed by atoms with Crippen molar-refractivity contribution in [3.8, 4) is 11.5 Å². The highest BCUT2D eigenvalue weighted by molar-refractivity contribution is 7.92. The molecule has 0 spiro atoms. The van der Waals surface area contributed by atoms with E-state index in [9.17, 15) is 13.2 Å². The number of methoxy groups -OCH3 is 1. The molecule has 0 saturated heterocycles. The Labute approximate surface area is 195 Å². The number of rotatable bonds is 10. The second-order valence-electron chi connectivity index (χ2n) is 7.38. The van der Waals surface area contributed by atoms with Gasteiger partial charge in [-0.2, -0.15) is 0 Å². The fourth-order valence-corrected chi connectivity index (χ4v) is 4.58. The Hall–Kier alpha value is -3.52. The van der Waals surface area contributed by atoms with Gasteiger partial charge in [-0.1, -0.05) is 29.8 Å². The number of amides is 1. The molecule has 0 aromatic heterocycles. The first-order valence-corrected chi connectivity index (χ1v) is 12.0. The first-order valence-electron chi connectivity index (χ1n) is 10.6. The van der Waals surface area contributed by atoms with Gasteiger partial charge in [0.1, 0.15) is 18.0 Å². The van der Waals surface area contributed by atoms with Crippen LogP contribution in [0.4, 0.5) is 5.69 Å². The van der Waals surface area contributed by atoms with Gasteiger partial charge < -0.3 is 14.8 Å². The summed E-state index contributed by atoms with van der Waals surface area (Å²) in [7, 11) is -2.40. The van der Waals surface area contributed by atoms with Crippen molar-refractivity contribution in [1.29, 1.82) is 0 Å². The summed E-state index contributed by atoms with van der Waals surface area (Å²) in [5.74, 6) is 0.883. The molecule has 0 aliphatic carbocycles. The molecule has 0 bridgehead atoms. The molecule has 33 heavy (non-hydrogen) atoms. The van der Waals surface area contributed by atoms with Gasteiger partial charge in [-0.05, 0) is 67.9 Å². The maximum Gasteiger partial charge on any atom is 0.264 e. The summed E-state index contributed by atoms with van der Waals surface area (Å²) >= 11 is 0. The number of anilines is 1. The number of carbonyl (C=O) groups is 1. The van der Waals surface area contributed by atoms with E-state index in [-0.39, 0.29) is 18.0 Å². The lowest BCUT2D eigenvalue weighted by Gasteiger charge is -2.24. The SMILES string of the molecule is CCOc1ccc(S(=O)(=O)N(CC(=O)NCc2ccc(OC)cc2)c2ccc(C)cc2)cc1. The van der Waals surface area contributed by atoms with E-state index in [1.165, 1.54) is 12.1 Å². The second kappa shape index (κ2) is 10.9. The van der Waals surface area contributed by atoms with E-state index in [2.05, 4.69) is 5.32 Å². The predicted molar refractivity (Wildman–Crippen MR) is 128 cm³/mol. The topological polar surface area (TPSA) is 84.9 Å². The fourth-order valence-electron chi connectivity index (χ4n) is 3.16. The normalized spacial score (nSPS) is 11.0. The molecule has 0 aliphatic rings. The minimum Gasteiger partial charge on any atom is -0.497 e. The minimum atomic E-state index is -3.99. The van der Waals surface area contributed by atoms with Crippen LogP contribution in [-0.4, -0.2) is 34.6 Å². The number of sulfonamides is 1. The van der Waals surface area contributed by atoms with E-state index < -0.39 is 15.9 Å². The Kier molecular flexibility index (Phi) is 7.95. The molecule has 8 heteroatoms. The number of hydrogen-bond acceptors (Lipinski definition) is 5. The van der Waals surface area contributed by atoms with Crippen molar-refractivity contribution in [3.05, 3.63) is 83.9 Å². The van der Waals surface area contributed by atoms with Crippen LogP contribution in [0, 0.1) is 6.92 Å². The Morgan fingerprint density at radius 2 is 1.52 bits per heavy atom. The van der Waals surface area contributed by atoms with Gasteiger partial charge in [0.2, 0.25) is 5.91 Å². The lowest BCUT2D eigenvalue weighted by Crippen LogP contribution is -2.40. The standard InChI is InChI=1S/C25H28N2O5S/c1-4-32-23-13-15-24(16-14-23)33(29,30)27(21-9-5-19(2)6-10-21)18-25(28)26-17-20-7-11-22(31-3)12-8-20/h5-16H,4,17-18H2,1-3H3,(H,26,28). The third-order valence-corrected chi connectivity index (χ3v) is 6.77. The summed E-state index contributed by atoms with van der Waals surface area (Å²) < 4.78 is 38.6. The molecule has 0 fully saturated rings. The van der Waals surface area contributed by atoms with Gasteiger partial charge in [0.15, 0.2) is 0 Å². The highest BCUT2D eigenvalue weighted by atomic mass is 32.2. The summed E-state index contributed by atoms with van der Waals surface area (Å²) in [4.78, 5) is 12.8. The van der Waals surface area contributed by atoms with Crippen molar-refractivity contribution in [2.75, 3.05) is 24.6 Å². The fraction of sp³-hybridized carbons (Fsp3) is 0.240. The predicted octanol–water partition coefficient (Wildman–Crippen LogP) is 3.91. The number of nitrogens with one attached hydrogen (secondary N) is 1. The molecule has 0 heterocycles. The van der Waals surface area contributed by atoms with Gasteiger partial charge in [0, 0.05) is 6.54 Å². The maximum atomic E-state index is 13.5. The molecule has 0 radical (unpaired) electrons. The maximum absolute atomic E-state index is 13.5. The average molecular weight is 469 g/mol. The summed E-state index contributed by atoms with van der Waals surface area (Å²) in [6, 6.07) is 20.5. The smallest absolute Gasteiger partial charge is 0.264 e. The number of hydrogen-bond donors (Lipinski definition) is 1. The molecule has 0 saturated carbocycles.